The number of fused-ring (bicyclic) bond motifs is 1. The van der Waals surface area contributed by atoms with E-state index in [2.05, 4.69) is 16.0 Å². The molecule has 1 aromatic heterocycles. The van der Waals surface area contributed by atoms with Gasteiger partial charge in [0.2, 0.25) is 0 Å². The van der Waals surface area contributed by atoms with Gasteiger partial charge in [0.25, 0.3) is 0 Å². The molecule has 0 radical (unpaired) electrons. The molecule has 5 heteroatoms. The van der Waals surface area contributed by atoms with E-state index in [1.54, 1.807) is 6.20 Å². The van der Waals surface area contributed by atoms with Crippen LogP contribution in [0.5, 0.6) is 0 Å². The minimum Gasteiger partial charge on any atom is -0.378 e. The Kier molecular flexibility index (Phi) is 3.24. The van der Waals surface area contributed by atoms with Crippen molar-refractivity contribution in [2.24, 2.45) is 0 Å². The van der Waals surface area contributed by atoms with E-state index in [0.29, 0.717) is 23.8 Å². The van der Waals surface area contributed by atoms with E-state index in [-0.39, 0.29) is 0 Å². The Balaban J connectivity index is 2.23. The molecule has 1 aliphatic rings. The second-order valence-corrected chi connectivity index (χ2v) is 4.83. The molecule has 96 valence electrons. The Morgan fingerprint density at radius 3 is 2.84 bits per heavy atom. The maximum absolute atomic E-state index is 9.30. The molecule has 1 fully saturated rings. The molecule has 19 heavy (non-hydrogen) atoms. The molecular formula is C14H12ClN3O. The standard InChI is InChI=1S/C14H12ClN3O/c15-11-1-2-13-12(7-11)14(10(8-16)9-17-13)18-3-5-19-6-4-18/h1-2,7,9H,3-6H2. The SMILES string of the molecule is N#Cc1cnc2ccc(Cl)cc2c1N1CCOCC1. The van der Waals surface area contributed by atoms with Crippen LogP contribution in [-0.2, 0) is 4.74 Å². The van der Waals surface area contributed by atoms with Crippen LogP contribution in [0.15, 0.2) is 24.4 Å². The fourth-order valence-electron chi connectivity index (χ4n) is 2.36. The van der Waals surface area contributed by atoms with E-state index in [0.717, 1.165) is 29.7 Å². The van der Waals surface area contributed by atoms with Crippen LogP contribution in [0.3, 0.4) is 0 Å². The Morgan fingerprint density at radius 1 is 1.32 bits per heavy atom. The predicted octanol–water partition coefficient (Wildman–Crippen LogP) is 2.60. The van der Waals surface area contributed by atoms with Gasteiger partial charge in [-0.15, -0.1) is 0 Å². The Hall–Kier alpha value is -1.83. The second-order valence-electron chi connectivity index (χ2n) is 4.39. The number of morpholine rings is 1. The predicted molar refractivity (Wildman–Crippen MR) is 74.5 cm³/mol. The maximum atomic E-state index is 9.30. The van der Waals surface area contributed by atoms with Crippen molar-refractivity contribution in [1.82, 2.24) is 4.98 Å². The first-order valence-corrected chi connectivity index (χ1v) is 6.48. The molecule has 0 saturated carbocycles. The monoisotopic (exact) mass is 273 g/mol. The number of ether oxygens (including phenoxy) is 1. The van der Waals surface area contributed by atoms with Crippen LogP contribution in [-0.4, -0.2) is 31.3 Å². The molecule has 2 aromatic rings. The first-order chi connectivity index (χ1) is 9.29. The van der Waals surface area contributed by atoms with E-state index >= 15 is 0 Å². The summed E-state index contributed by atoms with van der Waals surface area (Å²) in [6.45, 7) is 2.91. The lowest BCUT2D eigenvalue weighted by Crippen LogP contribution is -2.36. The van der Waals surface area contributed by atoms with Crippen molar-refractivity contribution in [1.29, 1.82) is 5.26 Å². The Morgan fingerprint density at radius 2 is 2.11 bits per heavy atom. The summed E-state index contributed by atoms with van der Waals surface area (Å²) in [5.74, 6) is 0. The lowest BCUT2D eigenvalue weighted by atomic mass is 10.1. The van der Waals surface area contributed by atoms with Crippen LogP contribution >= 0.6 is 11.6 Å². The summed E-state index contributed by atoms with van der Waals surface area (Å²) in [6, 6.07) is 7.78. The summed E-state index contributed by atoms with van der Waals surface area (Å²) in [6.07, 6.45) is 1.63. The number of anilines is 1. The zero-order chi connectivity index (χ0) is 13.2. The van der Waals surface area contributed by atoms with Crippen molar-refractivity contribution in [3.63, 3.8) is 0 Å². The number of aromatic nitrogens is 1. The van der Waals surface area contributed by atoms with Gasteiger partial charge in [-0.3, -0.25) is 4.98 Å². The number of nitrogens with zero attached hydrogens (tertiary/aromatic N) is 3. The lowest BCUT2D eigenvalue weighted by Gasteiger charge is -2.30. The topological polar surface area (TPSA) is 49.2 Å². The summed E-state index contributed by atoms with van der Waals surface area (Å²) < 4.78 is 5.36. The van der Waals surface area contributed by atoms with E-state index in [4.69, 9.17) is 16.3 Å². The van der Waals surface area contributed by atoms with Gasteiger partial charge in [0.1, 0.15) is 6.07 Å². The average Bonchev–Trinajstić information content (AvgIpc) is 2.46. The number of halogens is 1. The fourth-order valence-corrected chi connectivity index (χ4v) is 2.53. The number of hydrogen-bond acceptors (Lipinski definition) is 4. The molecule has 0 N–H and O–H groups in total. The van der Waals surface area contributed by atoms with Gasteiger partial charge in [-0.25, -0.2) is 0 Å². The highest BCUT2D eigenvalue weighted by molar-refractivity contribution is 6.31. The molecule has 0 spiro atoms. The number of rotatable bonds is 1. The largest absolute Gasteiger partial charge is 0.378 e. The number of benzene rings is 1. The third kappa shape index (κ3) is 2.23. The number of hydrogen-bond donors (Lipinski definition) is 0. The van der Waals surface area contributed by atoms with Crippen molar-refractivity contribution >= 4 is 28.2 Å². The van der Waals surface area contributed by atoms with Gasteiger partial charge < -0.3 is 9.64 Å². The van der Waals surface area contributed by atoms with Crippen LogP contribution in [0.1, 0.15) is 5.56 Å². The highest BCUT2D eigenvalue weighted by Gasteiger charge is 2.18. The van der Waals surface area contributed by atoms with Gasteiger partial charge in [0.15, 0.2) is 0 Å². The summed E-state index contributed by atoms with van der Waals surface area (Å²) >= 11 is 6.07. The lowest BCUT2D eigenvalue weighted by molar-refractivity contribution is 0.123. The van der Waals surface area contributed by atoms with Crippen molar-refractivity contribution in [3.05, 3.63) is 35.0 Å². The van der Waals surface area contributed by atoms with Crippen LogP contribution in [0.2, 0.25) is 5.02 Å². The minimum absolute atomic E-state index is 0.580. The molecule has 3 rings (SSSR count). The number of pyridine rings is 1. The van der Waals surface area contributed by atoms with Gasteiger partial charge in [-0.05, 0) is 18.2 Å². The summed E-state index contributed by atoms with van der Waals surface area (Å²) in [7, 11) is 0. The third-order valence-corrected chi connectivity index (χ3v) is 3.48. The third-order valence-electron chi connectivity index (χ3n) is 3.25. The van der Waals surface area contributed by atoms with Crippen LogP contribution in [0, 0.1) is 11.3 Å². The van der Waals surface area contributed by atoms with Gasteiger partial charge >= 0.3 is 0 Å². The number of nitriles is 1. The highest BCUT2D eigenvalue weighted by Crippen LogP contribution is 2.31. The molecule has 0 unspecified atom stereocenters. The highest BCUT2D eigenvalue weighted by atomic mass is 35.5. The fraction of sp³-hybridized carbons (Fsp3) is 0.286. The molecule has 0 atom stereocenters. The molecule has 2 heterocycles. The zero-order valence-corrected chi connectivity index (χ0v) is 11.0. The van der Waals surface area contributed by atoms with Gasteiger partial charge in [-0.2, -0.15) is 5.26 Å². The first-order valence-electron chi connectivity index (χ1n) is 6.10. The van der Waals surface area contributed by atoms with E-state index in [1.807, 2.05) is 18.2 Å². The van der Waals surface area contributed by atoms with Gasteiger partial charge in [0, 0.05) is 29.7 Å². The first kappa shape index (κ1) is 12.2. The molecule has 0 amide bonds. The maximum Gasteiger partial charge on any atom is 0.103 e. The van der Waals surface area contributed by atoms with Crippen molar-refractivity contribution in [3.8, 4) is 6.07 Å². The van der Waals surface area contributed by atoms with E-state index in [1.165, 1.54) is 0 Å². The summed E-state index contributed by atoms with van der Waals surface area (Å²) in [5.41, 5.74) is 2.35. The normalized spacial score (nSPS) is 15.5. The second kappa shape index (κ2) is 5.04. The molecule has 4 nitrogen and oxygen atoms in total. The minimum atomic E-state index is 0.580. The Bertz CT molecular complexity index is 660. The van der Waals surface area contributed by atoms with Gasteiger partial charge in [-0.1, -0.05) is 11.6 Å². The van der Waals surface area contributed by atoms with Crippen LogP contribution in [0.25, 0.3) is 10.9 Å². The molecule has 0 aliphatic carbocycles. The van der Waals surface area contributed by atoms with Gasteiger partial charge in [0.05, 0.1) is 30.0 Å². The zero-order valence-electron chi connectivity index (χ0n) is 10.3. The molecular weight excluding hydrogens is 262 g/mol. The van der Waals surface area contributed by atoms with Crippen LogP contribution < -0.4 is 4.90 Å². The average molecular weight is 274 g/mol. The molecule has 1 aromatic carbocycles. The summed E-state index contributed by atoms with van der Waals surface area (Å²) in [4.78, 5) is 6.48. The quantitative estimate of drug-likeness (QED) is 0.801. The molecule has 0 bridgehead atoms. The smallest absolute Gasteiger partial charge is 0.103 e. The Labute approximate surface area is 116 Å². The van der Waals surface area contributed by atoms with E-state index in [9.17, 15) is 5.26 Å². The summed E-state index contributed by atoms with van der Waals surface area (Å²) in [5, 5.41) is 10.9. The van der Waals surface area contributed by atoms with E-state index < -0.39 is 0 Å². The van der Waals surface area contributed by atoms with Crippen molar-refractivity contribution in [2.75, 3.05) is 31.2 Å². The van der Waals surface area contributed by atoms with Crippen molar-refractivity contribution in [2.45, 2.75) is 0 Å². The molecule has 1 aliphatic heterocycles. The van der Waals surface area contributed by atoms with Crippen molar-refractivity contribution < 1.29 is 4.74 Å². The van der Waals surface area contributed by atoms with Crippen LogP contribution in [0.4, 0.5) is 5.69 Å². The molecule has 1 saturated heterocycles.